The molecule has 0 saturated heterocycles. The van der Waals surface area contributed by atoms with Crippen LogP contribution in [0.5, 0.6) is 11.5 Å². The molecule has 0 amide bonds. The highest BCUT2D eigenvalue weighted by Crippen LogP contribution is 2.35. The van der Waals surface area contributed by atoms with E-state index in [0.29, 0.717) is 45.3 Å². The monoisotopic (exact) mass is 403 g/mol. The van der Waals surface area contributed by atoms with Crippen LogP contribution in [0, 0.1) is 0 Å². The summed E-state index contributed by atoms with van der Waals surface area (Å²) in [5.41, 5.74) is 1.63. The molecule has 2 aromatic rings. The van der Waals surface area contributed by atoms with Crippen LogP contribution in [0.25, 0.3) is 0 Å². The fourth-order valence-corrected chi connectivity index (χ4v) is 2.93. The first-order valence-corrected chi connectivity index (χ1v) is 8.82. The Morgan fingerprint density at radius 2 is 1.68 bits per heavy atom. The summed E-state index contributed by atoms with van der Waals surface area (Å²) < 4.78 is 16.3. The van der Waals surface area contributed by atoms with E-state index in [1.54, 1.807) is 38.5 Å². The lowest BCUT2D eigenvalue weighted by Gasteiger charge is -2.15. The van der Waals surface area contributed by atoms with Gasteiger partial charge < -0.3 is 19.5 Å². The summed E-state index contributed by atoms with van der Waals surface area (Å²) in [5, 5.41) is 4.94. The number of methoxy groups -OCH3 is 2. The molecule has 2 aromatic carbocycles. The Labute approximate surface area is 162 Å². The van der Waals surface area contributed by atoms with E-state index in [4.69, 9.17) is 49.0 Å². The zero-order valence-electron chi connectivity index (χ0n) is 14.1. The second kappa shape index (κ2) is 10.1. The molecule has 0 unspecified atom stereocenters. The van der Waals surface area contributed by atoms with Gasteiger partial charge in [-0.1, -0.05) is 40.9 Å². The number of benzene rings is 2. The number of rotatable bonds is 9. The Morgan fingerprint density at radius 3 is 2.32 bits per heavy atom. The first-order chi connectivity index (χ1) is 12.1. The van der Waals surface area contributed by atoms with Crippen molar-refractivity contribution in [2.75, 3.05) is 27.4 Å². The zero-order valence-corrected chi connectivity index (χ0v) is 16.3. The van der Waals surface area contributed by atoms with Crippen molar-refractivity contribution in [1.29, 1.82) is 0 Å². The third kappa shape index (κ3) is 5.66. The Hall–Kier alpha value is -1.17. The molecular weight excluding hydrogens is 385 g/mol. The lowest BCUT2D eigenvalue weighted by molar-refractivity contribution is 0.199. The molecule has 136 valence electrons. The van der Waals surface area contributed by atoms with E-state index in [-0.39, 0.29) is 6.61 Å². The summed E-state index contributed by atoms with van der Waals surface area (Å²) in [7, 11) is 3.25. The summed E-state index contributed by atoms with van der Waals surface area (Å²) in [6.45, 7) is 2.19. The van der Waals surface area contributed by atoms with E-state index in [1.165, 1.54) is 0 Å². The molecule has 0 aliphatic carbocycles. The summed E-state index contributed by atoms with van der Waals surface area (Å²) >= 11 is 18.7. The van der Waals surface area contributed by atoms with Crippen LogP contribution in [-0.4, -0.2) is 27.4 Å². The van der Waals surface area contributed by atoms with E-state index in [0.717, 1.165) is 12.1 Å². The summed E-state index contributed by atoms with van der Waals surface area (Å²) in [5.74, 6) is 1.13. The molecule has 0 radical (unpaired) electrons. The van der Waals surface area contributed by atoms with Gasteiger partial charge in [0.15, 0.2) is 11.5 Å². The quantitative estimate of drug-likeness (QED) is 0.599. The Morgan fingerprint density at radius 1 is 0.960 bits per heavy atom. The van der Waals surface area contributed by atoms with Gasteiger partial charge in [0.25, 0.3) is 0 Å². The van der Waals surface area contributed by atoms with Crippen molar-refractivity contribution in [2.45, 2.75) is 13.2 Å². The van der Waals surface area contributed by atoms with E-state index >= 15 is 0 Å². The lowest BCUT2D eigenvalue weighted by Crippen LogP contribution is -2.18. The molecule has 0 saturated carbocycles. The molecule has 0 aliphatic heterocycles. The molecule has 1 N–H and O–H groups in total. The molecule has 0 heterocycles. The Bertz CT molecular complexity index is 690. The molecule has 0 atom stereocenters. The van der Waals surface area contributed by atoms with Gasteiger partial charge >= 0.3 is 0 Å². The smallest absolute Gasteiger partial charge is 0.163 e. The van der Waals surface area contributed by atoms with Gasteiger partial charge in [0, 0.05) is 46.9 Å². The van der Waals surface area contributed by atoms with Crippen LogP contribution >= 0.6 is 34.8 Å². The molecule has 25 heavy (non-hydrogen) atoms. The van der Waals surface area contributed by atoms with Crippen LogP contribution in [0.15, 0.2) is 30.3 Å². The van der Waals surface area contributed by atoms with Crippen LogP contribution in [0.1, 0.15) is 11.1 Å². The first kappa shape index (κ1) is 20.1. The fraction of sp³-hybridized carbons (Fsp3) is 0.333. The molecule has 0 spiro atoms. The molecule has 0 bridgehead atoms. The predicted octanol–water partition coefficient (Wildman–Crippen LogP) is 4.97. The van der Waals surface area contributed by atoms with Crippen molar-refractivity contribution in [1.82, 2.24) is 5.32 Å². The maximum absolute atomic E-state index is 6.36. The van der Waals surface area contributed by atoms with Crippen molar-refractivity contribution in [2.24, 2.45) is 0 Å². The number of ether oxygens (including phenoxy) is 3. The number of nitrogens with one attached hydrogen (secondary N) is 1. The Kier molecular flexibility index (Phi) is 8.13. The van der Waals surface area contributed by atoms with Crippen molar-refractivity contribution >= 4 is 34.8 Å². The minimum Gasteiger partial charge on any atom is -0.493 e. The molecule has 7 heteroatoms. The molecule has 0 aromatic heterocycles. The summed E-state index contributed by atoms with van der Waals surface area (Å²) in [6, 6.07) is 8.91. The van der Waals surface area contributed by atoms with E-state index in [9.17, 15) is 0 Å². The second-order valence-electron chi connectivity index (χ2n) is 5.25. The van der Waals surface area contributed by atoms with Crippen molar-refractivity contribution in [3.8, 4) is 11.5 Å². The van der Waals surface area contributed by atoms with Crippen molar-refractivity contribution in [3.05, 3.63) is 56.5 Å². The largest absolute Gasteiger partial charge is 0.493 e. The Balaban J connectivity index is 2.11. The lowest BCUT2D eigenvalue weighted by atomic mass is 10.2. The van der Waals surface area contributed by atoms with Crippen molar-refractivity contribution < 1.29 is 14.2 Å². The van der Waals surface area contributed by atoms with Gasteiger partial charge in [0.2, 0.25) is 0 Å². The van der Waals surface area contributed by atoms with Gasteiger partial charge in [-0.05, 0) is 23.8 Å². The van der Waals surface area contributed by atoms with Crippen LogP contribution in [0.4, 0.5) is 0 Å². The molecule has 2 rings (SSSR count). The second-order valence-corrected chi connectivity index (χ2v) is 6.47. The zero-order chi connectivity index (χ0) is 18.2. The number of hydrogen-bond acceptors (Lipinski definition) is 4. The number of hydrogen-bond donors (Lipinski definition) is 1. The van der Waals surface area contributed by atoms with E-state index < -0.39 is 0 Å². The SMILES string of the molecule is COCCNCc1cc(OC)c(OCc2c(Cl)cccc2Cl)cc1Cl. The fourth-order valence-electron chi connectivity index (χ4n) is 2.20. The van der Waals surface area contributed by atoms with E-state index in [2.05, 4.69) is 5.32 Å². The maximum Gasteiger partial charge on any atom is 0.163 e. The van der Waals surface area contributed by atoms with Gasteiger partial charge in [0.1, 0.15) is 6.61 Å². The molecule has 0 fully saturated rings. The van der Waals surface area contributed by atoms with Gasteiger partial charge in [-0.3, -0.25) is 0 Å². The third-order valence-corrected chi connectivity index (χ3v) is 4.62. The van der Waals surface area contributed by atoms with Gasteiger partial charge in [-0.2, -0.15) is 0 Å². The van der Waals surface area contributed by atoms with E-state index in [1.807, 2.05) is 6.07 Å². The first-order valence-electron chi connectivity index (χ1n) is 7.68. The van der Waals surface area contributed by atoms with Gasteiger partial charge in [0.05, 0.1) is 13.7 Å². The highest BCUT2D eigenvalue weighted by atomic mass is 35.5. The molecule has 4 nitrogen and oxygen atoms in total. The highest BCUT2D eigenvalue weighted by molar-refractivity contribution is 6.36. The predicted molar refractivity (Wildman–Crippen MR) is 102 cm³/mol. The molecule has 0 aliphatic rings. The van der Waals surface area contributed by atoms with Crippen LogP contribution < -0.4 is 14.8 Å². The minimum absolute atomic E-state index is 0.219. The normalized spacial score (nSPS) is 10.8. The highest BCUT2D eigenvalue weighted by Gasteiger charge is 2.13. The van der Waals surface area contributed by atoms with Crippen LogP contribution in [0.3, 0.4) is 0 Å². The summed E-state index contributed by atoms with van der Waals surface area (Å²) in [4.78, 5) is 0. The standard InChI is InChI=1S/C18H20Cl3NO3/c1-23-7-6-22-10-12-8-17(24-2)18(9-16(12)21)25-11-13-14(19)4-3-5-15(13)20/h3-5,8-9,22H,6-7,10-11H2,1-2H3. The average Bonchev–Trinajstić information content (AvgIpc) is 2.59. The molecular formula is C18H20Cl3NO3. The van der Waals surface area contributed by atoms with Gasteiger partial charge in [-0.25, -0.2) is 0 Å². The van der Waals surface area contributed by atoms with Crippen LogP contribution in [-0.2, 0) is 17.9 Å². The summed E-state index contributed by atoms with van der Waals surface area (Å²) in [6.07, 6.45) is 0. The maximum atomic E-state index is 6.36. The topological polar surface area (TPSA) is 39.7 Å². The van der Waals surface area contributed by atoms with Gasteiger partial charge in [-0.15, -0.1) is 0 Å². The third-order valence-electron chi connectivity index (χ3n) is 3.56. The van der Waals surface area contributed by atoms with Crippen molar-refractivity contribution in [3.63, 3.8) is 0 Å². The van der Waals surface area contributed by atoms with Crippen LogP contribution in [0.2, 0.25) is 15.1 Å². The number of halogens is 3. The average molecular weight is 405 g/mol. The minimum atomic E-state index is 0.219.